The fourth-order valence-electron chi connectivity index (χ4n) is 1.78. The van der Waals surface area contributed by atoms with Gasteiger partial charge in [0.25, 0.3) is 0 Å². The Bertz CT molecular complexity index is 418. The molecule has 0 amide bonds. The van der Waals surface area contributed by atoms with E-state index in [1.165, 1.54) is 12.1 Å². The molecule has 1 aromatic rings. The molecule has 2 unspecified atom stereocenters. The number of rotatable bonds is 4. The second-order valence-electron chi connectivity index (χ2n) is 5.72. The maximum atomic E-state index is 12.9. The monoisotopic (exact) mass is 268 g/mol. The third kappa shape index (κ3) is 5.39. The van der Waals surface area contributed by atoms with Gasteiger partial charge in [0, 0.05) is 0 Å². The fourth-order valence-corrected chi connectivity index (χ4v) is 1.78. The number of halogens is 1. The summed E-state index contributed by atoms with van der Waals surface area (Å²) in [5, 5.41) is 9.50. The molecule has 0 aliphatic rings. The van der Waals surface area contributed by atoms with Crippen molar-refractivity contribution in [3.8, 4) is 0 Å². The lowest BCUT2D eigenvalue weighted by molar-refractivity contribution is -0.157. The van der Waals surface area contributed by atoms with Crippen molar-refractivity contribution in [3.63, 3.8) is 0 Å². The number of benzene rings is 1. The summed E-state index contributed by atoms with van der Waals surface area (Å²) in [6.45, 7) is 6.97. The highest BCUT2D eigenvalue weighted by atomic mass is 19.1. The van der Waals surface area contributed by atoms with Gasteiger partial charge in [-0.1, -0.05) is 12.1 Å². The number of carbonyl (C=O) groups excluding carboxylic acids is 1. The molecular formula is C15H21FO3. The summed E-state index contributed by atoms with van der Waals surface area (Å²) in [6, 6.07) is 5.70. The molecule has 3 nitrogen and oxygen atoms in total. The minimum atomic E-state index is -0.637. The highest BCUT2D eigenvalue weighted by Gasteiger charge is 2.27. The Balaban J connectivity index is 2.94. The molecule has 2 atom stereocenters. The maximum absolute atomic E-state index is 12.9. The largest absolute Gasteiger partial charge is 0.459 e. The van der Waals surface area contributed by atoms with E-state index in [-0.39, 0.29) is 12.2 Å². The van der Waals surface area contributed by atoms with Gasteiger partial charge in [-0.3, -0.25) is 4.79 Å². The van der Waals surface area contributed by atoms with Crippen LogP contribution in [0.15, 0.2) is 24.3 Å². The van der Waals surface area contributed by atoms with E-state index in [2.05, 4.69) is 0 Å². The second kappa shape index (κ2) is 6.15. The van der Waals surface area contributed by atoms with Crippen LogP contribution < -0.4 is 0 Å². The summed E-state index contributed by atoms with van der Waals surface area (Å²) in [6.07, 6.45) is -0.386. The van der Waals surface area contributed by atoms with Gasteiger partial charge in [-0.2, -0.15) is 0 Å². The Kier molecular flexibility index (Phi) is 5.06. The topological polar surface area (TPSA) is 46.5 Å². The Hall–Kier alpha value is -1.42. The van der Waals surface area contributed by atoms with Crippen molar-refractivity contribution in [1.29, 1.82) is 0 Å². The van der Waals surface area contributed by atoms with E-state index in [1.54, 1.807) is 39.8 Å². The van der Waals surface area contributed by atoms with Crippen LogP contribution in [0.1, 0.15) is 45.6 Å². The molecule has 0 heterocycles. The molecule has 0 aromatic heterocycles. The van der Waals surface area contributed by atoms with Gasteiger partial charge in [0.05, 0.1) is 12.0 Å². The van der Waals surface area contributed by atoms with E-state index in [4.69, 9.17) is 4.74 Å². The van der Waals surface area contributed by atoms with Crippen molar-refractivity contribution in [2.75, 3.05) is 0 Å². The van der Waals surface area contributed by atoms with E-state index in [0.29, 0.717) is 5.56 Å². The molecule has 4 heteroatoms. The molecule has 1 rings (SSSR count). The van der Waals surface area contributed by atoms with E-state index < -0.39 is 23.6 Å². The highest BCUT2D eigenvalue weighted by Crippen LogP contribution is 2.25. The van der Waals surface area contributed by atoms with Crippen molar-refractivity contribution >= 4 is 5.97 Å². The van der Waals surface area contributed by atoms with Gasteiger partial charge in [-0.05, 0) is 51.8 Å². The average molecular weight is 268 g/mol. The van der Waals surface area contributed by atoms with Crippen LogP contribution in [-0.2, 0) is 9.53 Å². The van der Waals surface area contributed by atoms with Crippen LogP contribution in [0, 0.1) is 5.82 Å². The standard InChI is InChI=1S/C15H21FO3/c1-10(17)9-13(14(18)19-15(2,3)4)11-5-7-12(16)8-6-11/h5-8,10,13,17H,9H2,1-4H3. The summed E-state index contributed by atoms with van der Waals surface area (Å²) >= 11 is 0. The van der Waals surface area contributed by atoms with E-state index in [1.807, 2.05) is 0 Å². The number of hydrogen-bond donors (Lipinski definition) is 1. The first-order valence-corrected chi connectivity index (χ1v) is 6.35. The van der Waals surface area contributed by atoms with Crippen LogP contribution in [0.2, 0.25) is 0 Å². The quantitative estimate of drug-likeness (QED) is 0.854. The smallest absolute Gasteiger partial charge is 0.314 e. The molecule has 1 N–H and O–H groups in total. The zero-order valence-electron chi connectivity index (χ0n) is 11.8. The molecule has 0 saturated heterocycles. The first-order chi connectivity index (χ1) is 8.69. The SMILES string of the molecule is CC(O)CC(C(=O)OC(C)(C)C)c1ccc(F)cc1. The van der Waals surface area contributed by atoms with Crippen LogP contribution >= 0.6 is 0 Å². The van der Waals surface area contributed by atoms with Gasteiger partial charge >= 0.3 is 5.97 Å². The van der Waals surface area contributed by atoms with Crippen molar-refractivity contribution < 1.29 is 19.0 Å². The van der Waals surface area contributed by atoms with Gasteiger partial charge in [0.15, 0.2) is 0 Å². The molecular weight excluding hydrogens is 247 g/mol. The van der Waals surface area contributed by atoms with Crippen LogP contribution in [0.3, 0.4) is 0 Å². The number of hydrogen-bond acceptors (Lipinski definition) is 3. The first-order valence-electron chi connectivity index (χ1n) is 6.35. The van der Waals surface area contributed by atoms with E-state index in [9.17, 15) is 14.3 Å². The van der Waals surface area contributed by atoms with Gasteiger partial charge in [-0.25, -0.2) is 4.39 Å². The van der Waals surface area contributed by atoms with Gasteiger partial charge in [0.1, 0.15) is 11.4 Å². The Morgan fingerprint density at radius 2 is 1.84 bits per heavy atom. The lowest BCUT2D eigenvalue weighted by Crippen LogP contribution is -2.29. The molecule has 1 aromatic carbocycles. The summed E-state index contributed by atoms with van der Waals surface area (Å²) in [5.41, 5.74) is 0.0604. The number of aliphatic hydroxyl groups excluding tert-OH is 1. The minimum Gasteiger partial charge on any atom is -0.459 e. The molecule has 0 spiro atoms. The summed E-state index contributed by atoms with van der Waals surface area (Å²) in [5.74, 6) is -1.34. The Labute approximate surface area is 113 Å². The molecule has 0 aliphatic carbocycles. The minimum absolute atomic E-state index is 0.251. The highest BCUT2D eigenvalue weighted by molar-refractivity contribution is 5.78. The maximum Gasteiger partial charge on any atom is 0.314 e. The molecule has 0 radical (unpaired) electrons. The normalized spacial score (nSPS) is 14.8. The fraction of sp³-hybridized carbons (Fsp3) is 0.533. The second-order valence-corrected chi connectivity index (χ2v) is 5.72. The predicted octanol–water partition coefficient (Wildman–Crippen LogP) is 3.02. The predicted molar refractivity (Wildman–Crippen MR) is 71.3 cm³/mol. The van der Waals surface area contributed by atoms with Gasteiger partial charge in [0.2, 0.25) is 0 Å². The van der Waals surface area contributed by atoms with Crippen molar-refractivity contribution in [2.45, 2.75) is 51.7 Å². The third-order valence-electron chi connectivity index (χ3n) is 2.54. The molecule has 0 aliphatic heterocycles. The first kappa shape index (κ1) is 15.6. The third-order valence-corrected chi connectivity index (χ3v) is 2.54. The lowest BCUT2D eigenvalue weighted by atomic mass is 9.93. The number of carbonyl (C=O) groups is 1. The molecule has 0 saturated carbocycles. The van der Waals surface area contributed by atoms with Crippen LogP contribution in [0.5, 0.6) is 0 Å². The number of ether oxygens (including phenoxy) is 1. The van der Waals surface area contributed by atoms with Crippen LogP contribution in [0.4, 0.5) is 4.39 Å². The molecule has 106 valence electrons. The van der Waals surface area contributed by atoms with E-state index in [0.717, 1.165) is 0 Å². The number of aliphatic hydroxyl groups is 1. The zero-order valence-corrected chi connectivity index (χ0v) is 11.8. The van der Waals surface area contributed by atoms with Gasteiger partial charge < -0.3 is 9.84 Å². The van der Waals surface area contributed by atoms with Crippen LogP contribution in [0.25, 0.3) is 0 Å². The summed E-state index contributed by atoms with van der Waals surface area (Å²) in [4.78, 5) is 12.2. The van der Waals surface area contributed by atoms with Crippen molar-refractivity contribution in [2.24, 2.45) is 0 Å². The molecule has 19 heavy (non-hydrogen) atoms. The van der Waals surface area contributed by atoms with Gasteiger partial charge in [-0.15, -0.1) is 0 Å². The van der Waals surface area contributed by atoms with E-state index >= 15 is 0 Å². The molecule has 0 bridgehead atoms. The van der Waals surface area contributed by atoms with Crippen molar-refractivity contribution in [1.82, 2.24) is 0 Å². The zero-order chi connectivity index (χ0) is 14.6. The molecule has 0 fully saturated rings. The summed E-state index contributed by atoms with van der Waals surface area (Å²) in [7, 11) is 0. The van der Waals surface area contributed by atoms with Crippen molar-refractivity contribution in [3.05, 3.63) is 35.6 Å². The average Bonchev–Trinajstić information content (AvgIpc) is 2.24. The Morgan fingerprint density at radius 3 is 2.26 bits per heavy atom. The Morgan fingerprint density at radius 1 is 1.32 bits per heavy atom. The lowest BCUT2D eigenvalue weighted by Gasteiger charge is -2.25. The number of esters is 1. The van der Waals surface area contributed by atoms with Crippen LogP contribution in [-0.4, -0.2) is 22.8 Å². The summed E-state index contributed by atoms with van der Waals surface area (Å²) < 4.78 is 18.3.